The lowest BCUT2D eigenvalue weighted by atomic mass is 10.1. The fourth-order valence-electron chi connectivity index (χ4n) is 2.40. The molecular weight excluding hydrogens is 288 g/mol. The Balaban J connectivity index is 1.85. The number of hydrogen-bond acceptors (Lipinski definition) is 3. The summed E-state index contributed by atoms with van der Waals surface area (Å²) in [5.74, 6) is -0.125. The van der Waals surface area contributed by atoms with Crippen LogP contribution in [0.5, 0.6) is 0 Å². The molecule has 0 aromatic heterocycles. The van der Waals surface area contributed by atoms with Crippen molar-refractivity contribution >= 4 is 5.91 Å². The van der Waals surface area contributed by atoms with Gasteiger partial charge in [0.05, 0.1) is 13.2 Å². The number of rotatable bonds is 14. The van der Waals surface area contributed by atoms with Gasteiger partial charge < -0.3 is 5.32 Å². The molecule has 1 rings (SSSR count). The third-order valence-corrected chi connectivity index (χ3v) is 3.76. The molecule has 0 aliphatic carbocycles. The van der Waals surface area contributed by atoms with Crippen molar-refractivity contribution < 1.29 is 9.63 Å². The molecule has 4 heteroatoms. The average Bonchev–Trinajstić information content (AvgIpc) is 2.57. The first-order valence-electron chi connectivity index (χ1n) is 8.98. The van der Waals surface area contributed by atoms with Gasteiger partial charge in [-0.1, -0.05) is 82.2 Å². The van der Waals surface area contributed by atoms with Crippen LogP contribution >= 0.6 is 0 Å². The van der Waals surface area contributed by atoms with Crippen LogP contribution in [-0.2, 0) is 16.2 Å². The van der Waals surface area contributed by atoms with E-state index in [1.165, 1.54) is 44.9 Å². The predicted octanol–water partition coefficient (Wildman–Crippen LogP) is 3.96. The molecule has 0 radical (unpaired) electrons. The summed E-state index contributed by atoms with van der Waals surface area (Å²) in [6.07, 6.45) is 10.4. The standard InChI is InChI=1S/C19H32N2O2/c1-2-3-4-5-6-7-8-12-15-20-16-19(22)21-23-17-18-13-10-9-11-14-18/h9-11,13-14,20H,2-8,12,15-17H2,1H3,(H,21,22). The molecule has 4 nitrogen and oxygen atoms in total. The quantitative estimate of drug-likeness (QED) is 0.403. The number of hydrogen-bond donors (Lipinski definition) is 2. The van der Waals surface area contributed by atoms with E-state index in [1.807, 2.05) is 30.3 Å². The molecule has 0 aliphatic heterocycles. The number of nitrogens with one attached hydrogen (secondary N) is 2. The molecule has 0 saturated heterocycles. The topological polar surface area (TPSA) is 50.4 Å². The summed E-state index contributed by atoms with van der Waals surface area (Å²) < 4.78 is 0. The van der Waals surface area contributed by atoms with E-state index < -0.39 is 0 Å². The maximum atomic E-state index is 11.6. The van der Waals surface area contributed by atoms with Crippen molar-refractivity contribution in [2.45, 2.75) is 64.9 Å². The van der Waals surface area contributed by atoms with E-state index >= 15 is 0 Å². The minimum atomic E-state index is -0.125. The third-order valence-electron chi connectivity index (χ3n) is 3.76. The van der Waals surface area contributed by atoms with Gasteiger partial charge in [-0.05, 0) is 18.5 Å². The van der Waals surface area contributed by atoms with Crippen molar-refractivity contribution in [2.24, 2.45) is 0 Å². The number of carbonyl (C=O) groups is 1. The highest BCUT2D eigenvalue weighted by atomic mass is 16.6. The molecule has 0 bridgehead atoms. The lowest BCUT2D eigenvalue weighted by Gasteiger charge is -2.07. The Hall–Kier alpha value is -1.39. The van der Waals surface area contributed by atoms with Gasteiger partial charge in [-0.3, -0.25) is 9.63 Å². The molecular formula is C19H32N2O2. The van der Waals surface area contributed by atoms with Crippen LogP contribution in [-0.4, -0.2) is 19.0 Å². The largest absolute Gasteiger partial charge is 0.308 e. The number of benzene rings is 1. The van der Waals surface area contributed by atoms with Crippen LogP contribution in [0.1, 0.15) is 63.9 Å². The summed E-state index contributed by atoms with van der Waals surface area (Å²) in [5, 5.41) is 3.15. The van der Waals surface area contributed by atoms with Crippen LogP contribution < -0.4 is 10.8 Å². The molecule has 1 aromatic rings. The molecule has 0 heterocycles. The van der Waals surface area contributed by atoms with E-state index in [1.54, 1.807) is 0 Å². The molecule has 1 amide bonds. The van der Waals surface area contributed by atoms with Crippen LogP contribution in [0.2, 0.25) is 0 Å². The third kappa shape index (κ3) is 11.8. The first-order chi connectivity index (χ1) is 11.3. The van der Waals surface area contributed by atoms with E-state index in [0.29, 0.717) is 13.2 Å². The normalized spacial score (nSPS) is 10.7. The van der Waals surface area contributed by atoms with Gasteiger partial charge in [0.1, 0.15) is 0 Å². The highest BCUT2D eigenvalue weighted by molar-refractivity contribution is 5.76. The van der Waals surface area contributed by atoms with Crippen molar-refractivity contribution in [3.8, 4) is 0 Å². The lowest BCUT2D eigenvalue weighted by Crippen LogP contribution is -2.34. The summed E-state index contributed by atoms with van der Waals surface area (Å²) in [5.41, 5.74) is 3.50. The van der Waals surface area contributed by atoms with Crippen molar-refractivity contribution in [3.63, 3.8) is 0 Å². The molecule has 0 aliphatic rings. The Morgan fingerprint density at radius 1 is 0.957 bits per heavy atom. The van der Waals surface area contributed by atoms with Gasteiger partial charge in [0.25, 0.3) is 5.91 Å². The fraction of sp³-hybridized carbons (Fsp3) is 0.632. The molecule has 1 aromatic carbocycles. The Morgan fingerprint density at radius 3 is 2.30 bits per heavy atom. The van der Waals surface area contributed by atoms with Crippen LogP contribution in [0.15, 0.2) is 30.3 Å². The van der Waals surface area contributed by atoms with Gasteiger partial charge in [-0.15, -0.1) is 0 Å². The zero-order valence-corrected chi connectivity index (χ0v) is 14.5. The van der Waals surface area contributed by atoms with Gasteiger partial charge in [0.15, 0.2) is 0 Å². The summed E-state index contributed by atoms with van der Waals surface area (Å²) in [6.45, 7) is 3.84. The van der Waals surface area contributed by atoms with Gasteiger partial charge >= 0.3 is 0 Å². The molecule has 2 N–H and O–H groups in total. The second kappa shape index (κ2) is 14.2. The smallest absolute Gasteiger partial charge is 0.257 e. The minimum absolute atomic E-state index is 0.125. The second-order valence-electron chi connectivity index (χ2n) is 5.95. The molecule has 23 heavy (non-hydrogen) atoms. The maximum absolute atomic E-state index is 11.6. The molecule has 0 atom stereocenters. The zero-order chi connectivity index (χ0) is 16.6. The highest BCUT2D eigenvalue weighted by Crippen LogP contribution is 2.07. The fourth-order valence-corrected chi connectivity index (χ4v) is 2.40. The Bertz CT molecular complexity index is 396. The highest BCUT2D eigenvalue weighted by Gasteiger charge is 2.00. The van der Waals surface area contributed by atoms with Gasteiger partial charge in [-0.25, -0.2) is 5.48 Å². The Morgan fingerprint density at radius 2 is 1.61 bits per heavy atom. The average molecular weight is 320 g/mol. The van der Waals surface area contributed by atoms with Gasteiger partial charge in [0, 0.05) is 0 Å². The van der Waals surface area contributed by atoms with E-state index in [4.69, 9.17) is 4.84 Å². The number of carbonyl (C=O) groups excluding carboxylic acids is 1. The maximum Gasteiger partial charge on any atom is 0.257 e. The van der Waals surface area contributed by atoms with Crippen LogP contribution in [0.25, 0.3) is 0 Å². The first-order valence-corrected chi connectivity index (χ1v) is 8.98. The van der Waals surface area contributed by atoms with Crippen LogP contribution in [0, 0.1) is 0 Å². The molecule has 0 fully saturated rings. The Labute approximate surface area is 141 Å². The first kappa shape index (κ1) is 19.7. The van der Waals surface area contributed by atoms with Crippen LogP contribution in [0.3, 0.4) is 0 Å². The van der Waals surface area contributed by atoms with E-state index in [0.717, 1.165) is 18.5 Å². The van der Waals surface area contributed by atoms with E-state index in [-0.39, 0.29) is 5.91 Å². The van der Waals surface area contributed by atoms with Gasteiger partial charge in [0.2, 0.25) is 0 Å². The van der Waals surface area contributed by atoms with E-state index in [2.05, 4.69) is 17.7 Å². The molecule has 130 valence electrons. The number of amides is 1. The number of unbranched alkanes of at least 4 members (excludes halogenated alkanes) is 7. The second-order valence-corrected chi connectivity index (χ2v) is 5.95. The monoisotopic (exact) mass is 320 g/mol. The minimum Gasteiger partial charge on any atom is -0.308 e. The molecule has 0 unspecified atom stereocenters. The van der Waals surface area contributed by atoms with Crippen molar-refractivity contribution in [2.75, 3.05) is 13.1 Å². The zero-order valence-electron chi connectivity index (χ0n) is 14.5. The molecule has 0 saturated carbocycles. The number of hydroxylamine groups is 1. The van der Waals surface area contributed by atoms with Crippen molar-refractivity contribution in [1.29, 1.82) is 0 Å². The summed E-state index contributed by atoms with van der Waals surface area (Å²) >= 11 is 0. The summed E-state index contributed by atoms with van der Waals surface area (Å²) in [7, 11) is 0. The lowest BCUT2D eigenvalue weighted by molar-refractivity contribution is -0.133. The van der Waals surface area contributed by atoms with E-state index in [9.17, 15) is 4.79 Å². The summed E-state index contributed by atoms with van der Waals surface area (Å²) in [6, 6.07) is 9.79. The molecule has 0 spiro atoms. The van der Waals surface area contributed by atoms with Crippen LogP contribution in [0.4, 0.5) is 0 Å². The summed E-state index contributed by atoms with van der Waals surface area (Å²) in [4.78, 5) is 16.8. The van der Waals surface area contributed by atoms with Gasteiger partial charge in [-0.2, -0.15) is 0 Å². The predicted molar refractivity (Wildman–Crippen MR) is 94.9 cm³/mol. The SMILES string of the molecule is CCCCCCCCCCNCC(=O)NOCc1ccccc1. The van der Waals surface area contributed by atoms with Crippen molar-refractivity contribution in [1.82, 2.24) is 10.8 Å². The van der Waals surface area contributed by atoms with Crippen molar-refractivity contribution in [3.05, 3.63) is 35.9 Å². The Kier molecular flexibility index (Phi) is 12.2.